The highest BCUT2D eigenvalue weighted by atomic mass is 16.3. The van der Waals surface area contributed by atoms with Gasteiger partial charge in [0.15, 0.2) is 5.58 Å². The van der Waals surface area contributed by atoms with Gasteiger partial charge in [0.1, 0.15) is 11.3 Å². The lowest BCUT2D eigenvalue weighted by Crippen LogP contribution is -2.18. The topological polar surface area (TPSA) is 110 Å². The molecule has 7 nitrogen and oxygen atoms in total. The quantitative estimate of drug-likeness (QED) is 0.675. The van der Waals surface area contributed by atoms with Crippen LogP contribution in [0.4, 0.5) is 11.8 Å². The van der Waals surface area contributed by atoms with E-state index in [4.69, 9.17) is 10.2 Å². The number of fused-ring (bicyclic) bond motifs is 1. The van der Waals surface area contributed by atoms with Gasteiger partial charge in [-0.05, 0) is 37.3 Å². The van der Waals surface area contributed by atoms with E-state index in [1.807, 2.05) is 24.3 Å². The summed E-state index contributed by atoms with van der Waals surface area (Å²) in [5, 5.41) is 12.7. The Kier molecular flexibility index (Phi) is 3.78. The van der Waals surface area contributed by atoms with E-state index in [1.165, 1.54) is 0 Å². The molecule has 24 heavy (non-hydrogen) atoms. The van der Waals surface area contributed by atoms with E-state index in [1.54, 1.807) is 6.20 Å². The minimum atomic E-state index is 0.203. The van der Waals surface area contributed by atoms with Crippen LogP contribution in [0.5, 0.6) is 0 Å². The molecule has 1 fully saturated rings. The molecule has 0 amide bonds. The molecule has 1 aliphatic rings. The molecule has 7 heteroatoms. The van der Waals surface area contributed by atoms with Crippen molar-refractivity contribution in [2.75, 3.05) is 17.7 Å². The Bertz CT molecular complexity index is 830. The maximum Gasteiger partial charge on any atom is 0.232 e. The van der Waals surface area contributed by atoms with Gasteiger partial charge < -0.3 is 20.6 Å². The lowest BCUT2D eigenvalue weighted by atomic mass is 10.1. The summed E-state index contributed by atoms with van der Waals surface area (Å²) in [7, 11) is 0. The number of nitrogens with one attached hydrogen (secondary N) is 1. The molecule has 4 N–H and O–H groups in total. The molecule has 0 bridgehead atoms. The molecule has 2 heterocycles. The molecule has 3 aromatic rings. The lowest BCUT2D eigenvalue weighted by Gasteiger charge is -2.15. The van der Waals surface area contributed by atoms with E-state index in [0.29, 0.717) is 23.2 Å². The molecular formula is C17H19N5O2. The fourth-order valence-corrected chi connectivity index (χ4v) is 3.21. The molecule has 0 aliphatic heterocycles. The summed E-state index contributed by atoms with van der Waals surface area (Å²) in [4.78, 5) is 12.9. The number of aromatic nitrogens is 3. The third-order valence-electron chi connectivity index (χ3n) is 4.47. The molecule has 1 aromatic carbocycles. The molecule has 124 valence electrons. The third-order valence-corrected chi connectivity index (χ3v) is 4.47. The Hall–Kier alpha value is -2.67. The van der Waals surface area contributed by atoms with E-state index < -0.39 is 0 Å². The van der Waals surface area contributed by atoms with Crippen LogP contribution in [-0.4, -0.2) is 32.7 Å². The van der Waals surface area contributed by atoms with Crippen molar-refractivity contribution in [1.29, 1.82) is 0 Å². The fourth-order valence-electron chi connectivity index (χ4n) is 3.21. The van der Waals surface area contributed by atoms with E-state index in [0.717, 1.165) is 30.4 Å². The van der Waals surface area contributed by atoms with Crippen LogP contribution >= 0.6 is 0 Å². The third kappa shape index (κ3) is 2.78. The lowest BCUT2D eigenvalue weighted by molar-refractivity contribution is 0.229. The van der Waals surface area contributed by atoms with Crippen LogP contribution in [0, 0.1) is 5.92 Å². The summed E-state index contributed by atoms with van der Waals surface area (Å²) >= 11 is 0. The highest BCUT2D eigenvalue weighted by Gasteiger charge is 2.26. The monoisotopic (exact) mass is 325 g/mol. The van der Waals surface area contributed by atoms with E-state index in [2.05, 4.69) is 20.3 Å². The van der Waals surface area contributed by atoms with E-state index >= 15 is 0 Å². The predicted octanol–water partition coefficient (Wildman–Crippen LogP) is 2.44. The Morgan fingerprint density at radius 3 is 2.92 bits per heavy atom. The van der Waals surface area contributed by atoms with Crippen molar-refractivity contribution >= 4 is 22.9 Å². The molecule has 2 aromatic heterocycles. The molecule has 0 spiro atoms. The first-order valence-electron chi connectivity index (χ1n) is 8.09. The van der Waals surface area contributed by atoms with Crippen molar-refractivity contribution in [1.82, 2.24) is 15.0 Å². The van der Waals surface area contributed by atoms with Crippen molar-refractivity contribution < 1.29 is 9.52 Å². The second kappa shape index (κ2) is 6.09. The summed E-state index contributed by atoms with van der Waals surface area (Å²) in [6.45, 7) is 0.224. The number of hydrogen-bond acceptors (Lipinski definition) is 7. The summed E-state index contributed by atoms with van der Waals surface area (Å²) in [6.07, 6.45) is 4.54. The van der Waals surface area contributed by atoms with Gasteiger partial charge in [-0.1, -0.05) is 12.1 Å². The van der Waals surface area contributed by atoms with Gasteiger partial charge in [-0.3, -0.25) is 0 Å². The fraction of sp³-hybridized carbons (Fsp3) is 0.353. The Balaban J connectivity index is 1.68. The Morgan fingerprint density at radius 1 is 1.25 bits per heavy atom. The smallest absolute Gasteiger partial charge is 0.232 e. The van der Waals surface area contributed by atoms with Crippen molar-refractivity contribution in [3.05, 3.63) is 30.5 Å². The minimum Gasteiger partial charge on any atom is -0.436 e. The van der Waals surface area contributed by atoms with Crippen LogP contribution in [0.25, 0.3) is 22.6 Å². The van der Waals surface area contributed by atoms with Gasteiger partial charge in [0.25, 0.3) is 0 Å². The highest BCUT2D eigenvalue weighted by molar-refractivity contribution is 5.79. The van der Waals surface area contributed by atoms with Crippen molar-refractivity contribution in [3.63, 3.8) is 0 Å². The Labute approximate surface area is 138 Å². The van der Waals surface area contributed by atoms with Gasteiger partial charge >= 0.3 is 0 Å². The number of rotatable bonds is 4. The second-order valence-electron chi connectivity index (χ2n) is 6.18. The first kappa shape index (κ1) is 14.9. The molecule has 2 unspecified atom stereocenters. The molecule has 1 aliphatic carbocycles. The molecule has 0 radical (unpaired) electrons. The number of benzene rings is 1. The normalized spacial score (nSPS) is 20.5. The number of para-hydroxylation sites is 2. The summed E-state index contributed by atoms with van der Waals surface area (Å²) in [5.41, 5.74) is 7.95. The van der Waals surface area contributed by atoms with Crippen LogP contribution in [0.3, 0.4) is 0 Å². The summed E-state index contributed by atoms with van der Waals surface area (Å²) in [6, 6.07) is 7.85. The number of aliphatic hydroxyl groups is 1. The van der Waals surface area contributed by atoms with Gasteiger partial charge in [-0.2, -0.15) is 4.98 Å². The van der Waals surface area contributed by atoms with E-state index in [9.17, 15) is 5.11 Å². The number of nitrogens with two attached hydrogens (primary N) is 1. The van der Waals surface area contributed by atoms with Gasteiger partial charge in [-0.25, -0.2) is 9.97 Å². The summed E-state index contributed by atoms with van der Waals surface area (Å²) < 4.78 is 5.83. The number of anilines is 2. The van der Waals surface area contributed by atoms with Crippen LogP contribution in [0.2, 0.25) is 0 Å². The zero-order chi connectivity index (χ0) is 16.5. The molecule has 0 saturated heterocycles. The van der Waals surface area contributed by atoms with Gasteiger partial charge in [0, 0.05) is 18.8 Å². The maximum absolute atomic E-state index is 9.31. The number of hydrogen-bond donors (Lipinski definition) is 3. The van der Waals surface area contributed by atoms with Crippen molar-refractivity contribution in [2.24, 2.45) is 5.92 Å². The number of nitrogen functional groups attached to an aromatic ring is 1. The first-order valence-corrected chi connectivity index (χ1v) is 8.09. The Morgan fingerprint density at radius 2 is 2.12 bits per heavy atom. The minimum absolute atomic E-state index is 0.203. The summed E-state index contributed by atoms with van der Waals surface area (Å²) in [5.74, 6) is 1.64. The van der Waals surface area contributed by atoms with Gasteiger partial charge in [-0.15, -0.1) is 0 Å². The number of oxazole rings is 1. The van der Waals surface area contributed by atoms with Gasteiger partial charge in [0.05, 0.1) is 5.56 Å². The zero-order valence-electron chi connectivity index (χ0n) is 13.1. The average molecular weight is 325 g/mol. The standard InChI is InChI=1S/C17H19N5O2/c18-17-19-8-12(16-21-13-3-1-2-4-14(13)24-16)15(22-17)20-11-6-5-10(7-11)9-23/h1-4,8,10-11,23H,5-7,9H2,(H3,18,19,20,22). The molecule has 4 rings (SSSR count). The number of nitrogens with zero attached hydrogens (tertiary/aromatic N) is 3. The SMILES string of the molecule is Nc1ncc(-c2nc3ccccc3o2)c(NC2CCC(CO)C2)n1. The molecule has 2 atom stereocenters. The van der Waals surface area contributed by atoms with E-state index in [-0.39, 0.29) is 18.6 Å². The predicted molar refractivity (Wildman–Crippen MR) is 91.3 cm³/mol. The molecular weight excluding hydrogens is 306 g/mol. The van der Waals surface area contributed by atoms with Crippen LogP contribution in [0.15, 0.2) is 34.9 Å². The van der Waals surface area contributed by atoms with Crippen LogP contribution in [-0.2, 0) is 0 Å². The number of aliphatic hydroxyl groups excluding tert-OH is 1. The van der Waals surface area contributed by atoms with Crippen molar-refractivity contribution in [3.8, 4) is 11.5 Å². The largest absolute Gasteiger partial charge is 0.436 e. The zero-order valence-corrected chi connectivity index (χ0v) is 13.1. The average Bonchev–Trinajstić information content (AvgIpc) is 3.21. The highest BCUT2D eigenvalue weighted by Crippen LogP contribution is 2.32. The maximum atomic E-state index is 9.31. The van der Waals surface area contributed by atoms with Crippen molar-refractivity contribution in [2.45, 2.75) is 25.3 Å². The molecule has 1 saturated carbocycles. The second-order valence-corrected chi connectivity index (χ2v) is 6.18. The van der Waals surface area contributed by atoms with Gasteiger partial charge in [0.2, 0.25) is 11.8 Å². The van der Waals surface area contributed by atoms with Crippen LogP contribution < -0.4 is 11.1 Å². The van der Waals surface area contributed by atoms with Crippen LogP contribution in [0.1, 0.15) is 19.3 Å². The first-order chi connectivity index (χ1) is 11.7.